The molecule has 1 heterocycles. The number of hydrogen-bond donors (Lipinski definition) is 1. The summed E-state index contributed by atoms with van der Waals surface area (Å²) < 4.78 is 0. The minimum atomic E-state index is 0.597. The molecule has 2 N–H and O–H groups in total. The van der Waals surface area contributed by atoms with Crippen molar-refractivity contribution in [1.82, 2.24) is 9.97 Å². The summed E-state index contributed by atoms with van der Waals surface area (Å²) in [6, 6.07) is 20.7. The predicted octanol–water partition coefficient (Wildman–Crippen LogP) is 3.33. The van der Waals surface area contributed by atoms with Crippen molar-refractivity contribution in [2.45, 2.75) is 13.1 Å². The zero-order chi connectivity index (χ0) is 17.6. The van der Waals surface area contributed by atoms with Crippen LogP contribution in [0.15, 0.2) is 67.0 Å². The normalized spacial score (nSPS) is 10.5. The van der Waals surface area contributed by atoms with Crippen molar-refractivity contribution in [1.29, 1.82) is 0 Å². The molecule has 0 aliphatic heterocycles. The Kier molecular flexibility index (Phi) is 5.14. The van der Waals surface area contributed by atoms with Crippen molar-refractivity contribution in [2.75, 3.05) is 29.6 Å². The molecule has 25 heavy (non-hydrogen) atoms. The van der Waals surface area contributed by atoms with E-state index in [4.69, 9.17) is 5.73 Å². The van der Waals surface area contributed by atoms with E-state index in [9.17, 15) is 0 Å². The Bertz CT molecular complexity index is 761. The lowest BCUT2D eigenvalue weighted by Crippen LogP contribution is -2.25. The summed E-state index contributed by atoms with van der Waals surface area (Å²) in [4.78, 5) is 12.9. The van der Waals surface area contributed by atoms with E-state index >= 15 is 0 Å². The number of benzene rings is 2. The number of nitrogen functional groups attached to an aromatic ring is 1. The lowest BCUT2D eigenvalue weighted by Gasteiger charge is -2.26. The van der Waals surface area contributed by atoms with Crippen LogP contribution in [0.4, 0.5) is 17.3 Å². The van der Waals surface area contributed by atoms with Crippen LogP contribution < -0.4 is 15.5 Å². The molecule has 0 aliphatic carbocycles. The van der Waals surface area contributed by atoms with Crippen LogP contribution in [-0.2, 0) is 13.1 Å². The van der Waals surface area contributed by atoms with Gasteiger partial charge in [-0.2, -0.15) is 0 Å². The van der Waals surface area contributed by atoms with Gasteiger partial charge >= 0.3 is 0 Å². The van der Waals surface area contributed by atoms with E-state index in [1.807, 2.05) is 55.4 Å². The Morgan fingerprint density at radius 1 is 0.760 bits per heavy atom. The number of nitrogens with zero attached hydrogens (tertiary/aromatic N) is 4. The highest BCUT2D eigenvalue weighted by molar-refractivity contribution is 5.75. The fourth-order valence-corrected chi connectivity index (χ4v) is 2.80. The van der Waals surface area contributed by atoms with Gasteiger partial charge in [-0.05, 0) is 11.1 Å². The highest BCUT2D eigenvalue weighted by atomic mass is 15.2. The van der Waals surface area contributed by atoms with Crippen LogP contribution in [0, 0.1) is 0 Å². The van der Waals surface area contributed by atoms with E-state index < -0.39 is 0 Å². The molecule has 0 bridgehead atoms. The minimum Gasteiger partial charge on any atom is -0.393 e. The fourth-order valence-electron chi connectivity index (χ4n) is 2.80. The second-order valence-corrected chi connectivity index (χ2v) is 6.16. The lowest BCUT2D eigenvalue weighted by atomic mass is 10.1. The summed E-state index contributed by atoms with van der Waals surface area (Å²) in [6.07, 6.45) is 1.57. The lowest BCUT2D eigenvalue weighted by molar-refractivity contribution is 0.781. The minimum absolute atomic E-state index is 0.597. The molecular formula is C20H23N5. The number of hydrogen-bond acceptors (Lipinski definition) is 5. The average molecular weight is 333 g/mol. The molecule has 0 unspecified atom stereocenters. The van der Waals surface area contributed by atoms with Gasteiger partial charge < -0.3 is 15.5 Å². The first kappa shape index (κ1) is 16.8. The van der Waals surface area contributed by atoms with Crippen LogP contribution in [0.2, 0.25) is 0 Å². The van der Waals surface area contributed by atoms with Crippen LogP contribution in [0.25, 0.3) is 0 Å². The molecule has 1 aromatic heterocycles. The summed E-state index contributed by atoms with van der Waals surface area (Å²) >= 11 is 0. The summed E-state index contributed by atoms with van der Waals surface area (Å²) in [7, 11) is 3.86. The van der Waals surface area contributed by atoms with Crippen LogP contribution in [-0.4, -0.2) is 24.1 Å². The van der Waals surface area contributed by atoms with Crippen molar-refractivity contribution in [2.24, 2.45) is 0 Å². The molecule has 5 nitrogen and oxygen atoms in total. The van der Waals surface area contributed by atoms with Crippen LogP contribution in [0.5, 0.6) is 0 Å². The fraction of sp³-hybridized carbons (Fsp3) is 0.200. The monoisotopic (exact) mass is 333 g/mol. The molecular weight excluding hydrogens is 310 g/mol. The van der Waals surface area contributed by atoms with Gasteiger partial charge in [-0.25, -0.2) is 9.97 Å². The van der Waals surface area contributed by atoms with Crippen molar-refractivity contribution < 1.29 is 0 Å². The SMILES string of the molecule is CN(C)c1ncnc(N(Cc2ccccc2)Cc2ccccc2)c1N. The van der Waals surface area contributed by atoms with Crippen molar-refractivity contribution in [3.8, 4) is 0 Å². The second kappa shape index (κ2) is 7.66. The molecule has 0 radical (unpaired) electrons. The Morgan fingerprint density at radius 3 is 1.72 bits per heavy atom. The second-order valence-electron chi connectivity index (χ2n) is 6.16. The average Bonchev–Trinajstić information content (AvgIpc) is 2.63. The van der Waals surface area contributed by atoms with Crippen LogP contribution >= 0.6 is 0 Å². The van der Waals surface area contributed by atoms with Crippen LogP contribution in [0.3, 0.4) is 0 Å². The predicted molar refractivity (Wildman–Crippen MR) is 104 cm³/mol. The van der Waals surface area contributed by atoms with Gasteiger partial charge in [0.2, 0.25) is 0 Å². The summed E-state index contributed by atoms with van der Waals surface area (Å²) in [5.74, 6) is 1.49. The molecule has 3 rings (SSSR count). The third kappa shape index (κ3) is 4.07. The molecule has 0 amide bonds. The van der Waals surface area contributed by atoms with Crippen LogP contribution in [0.1, 0.15) is 11.1 Å². The zero-order valence-corrected chi connectivity index (χ0v) is 14.6. The summed E-state index contributed by atoms with van der Waals surface area (Å²) in [5, 5.41) is 0. The topological polar surface area (TPSA) is 58.3 Å². The maximum atomic E-state index is 6.38. The molecule has 0 spiro atoms. The summed E-state index contributed by atoms with van der Waals surface area (Å²) in [6.45, 7) is 1.45. The molecule has 2 aromatic carbocycles. The first-order valence-corrected chi connectivity index (χ1v) is 8.25. The third-order valence-electron chi connectivity index (χ3n) is 4.00. The van der Waals surface area contributed by atoms with Gasteiger partial charge in [0.05, 0.1) is 0 Å². The molecule has 0 fully saturated rings. The molecule has 0 aliphatic rings. The Hall–Kier alpha value is -3.08. The van der Waals surface area contributed by atoms with E-state index in [0.29, 0.717) is 5.69 Å². The van der Waals surface area contributed by atoms with Gasteiger partial charge in [0.15, 0.2) is 11.6 Å². The highest BCUT2D eigenvalue weighted by Gasteiger charge is 2.17. The van der Waals surface area contributed by atoms with E-state index in [-0.39, 0.29) is 0 Å². The molecule has 0 saturated carbocycles. The largest absolute Gasteiger partial charge is 0.393 e. The van der Waals surface area contributed by atoms with Crippen molar-refractivity contribution in [3.05, 3.63) is 78.1 Å². The molecule has 5 heteroatoms. The van der Waals surface area contributed by atoms with Gasteiger partial charge in [0.25, 0.3) is 0 Å². The molecule has 128 valence electrons. The Morgan fingerprint density at radius 2 is 1.24 bits per heavy atom. The number of anilines is 3. The highest BCUT2D eigenvalue weighted by Crippen LogP contribution is 2.29. The number of rotatable bonds is 6. The van der Waals surface area contributed by atoms with Gasteiger partial charge in [0, 0.05) is 27.2 Å². The van der Waals surface area contributed by atoms with Gasteiger partial charge in [-0.1, -0.05) is 60.7 Å². The third-order valence-corrected chi connectivity index (χ3v) is 4.00. The van der Waals surface area contributed by atoms with E-state index in [0.717, 1.165) is 24.7 Å². The quantitative estimate of drug-likeness (QED) is 0.750. The van der Waals surface area contributed by atoms with Gasteiger partial charge in [-0.15, -0.1) is 0 Å². The maximum Gasteiger partial charge on any atom is 0.158 e. The Balaban J connectivity index is 1.97. The van der Waals surface area contributed by atoms with Crippen molar-refractivity contribution >= 4 is 17.3 Å². The molecule has 0 saturated heterocycles. The molecule has 3 aromatic rings. The number of aromatic nitrogens is 2. The van der Waals surface area contributed by atoms with Gasteiger partial charge in [-0.3, -0.25) is 0 Å². The molecule has 0 atom stereocenters. The van der Waals surface area contributed by atoms with E-state index in [1.54, 1.807) is 6.33 Å². The first-order valence-electron chi connectivity index (χ1n) is 8.25. The zero-order valence-electron chi connectivity index (χ0n) is 14.6. The van der Waals surface area contributed by atoms with Gasteiger partial charge in [0.1, 0.15) is 12.0 Å². The first-order chi connectivity index (χ1) is 12.1. The van der Waals surface area contributed by atoms with E-state index in [1.165, 1.54) is 11.1 Å². The maximum absolute atomic E-state index is 6.38. The van der Waals surface area contributed by atoms with E-state index in [2.05, 4.69) is 39.1 Å². The standard InChI is InChI=1S/C20H23N5/c1-24(2)19-18(21)20(23-15-22-19)25(13-16-9-5-3-6-10-16)14-17-11-7-4-8-12-17/h3-12,15H,13-14,21H2,1-2H3. The van der Waals surface area contributed by atoms with Crippen molar-refractivity contribution in [3.63, 3.8) is 0 Å². The Labute approximate surface area is 148 Å². The summed E-state index contributed by atoms with van der Waals surface area (Å²) in [5.41, 5.74) is 9.40. The number of nitrogens with two attached hydrogens (primary N) is 1. The smallest absolute Gasteiger partial charge is 0.158 e.